The van der Waals surface area contributed by atoms with Crippen molar-refractivity contribution in [2.75, 3.05) is 0 Å². The average Bonchev–Trinajstić information content (AvgIpc) is 2.98. The molecule has 3 rings (SSSR count). The summed E-state index contributed by atoms with van der Waals surface area (Å²) < 4.78 is 7.94. The van der Waals surface area contributed by atoms with Gasteiger partial charge in [0.15, 0.2) is 17.1 Å². The topological polar surface area (TPSA) is 39.9 Å². The number of nitrogens with zero attached hydrogens (tertiary/aromatic N) is 3. The van der Waals surface area contributed by atoms with Crippen LogP contribution in [0.5, 0.6) is 5.75 Å². The fourth-order valence-electron chi connectivity index (χ4n) is 2.51. The standard InChI is InChI=1S/C19H19Cl2N3OS/c1-12-8-9-16(21)17(10-12)25-13(2)18-22-23-19(24(18)3)26-11-14-6-4-5-7-15(14)20/h4-10,13H,11H2,1-3H3. The van der Waals surface area contributed by atoms with Crippen LogP contribution in [0.15, 0.2) is 47.6 Å². The Morgan fingerprint density at radius 3 is 2.65 bits per heavy atom. The predicted octanol–water partition coefficient (Wildman–Crippen LogP) is 5.86. The van der Waals surface area contributed by atoms with Crippen LogP contribution in [0.1, 0.15) is 30.0 Å². The maximum atomic E-state index is 6.22. The van der Waals surface area contributed by atoms with E-state index >= 15 is 0 Å². The van der Waals surface area contributed by atoms with Crippen LogP contribution in [0, 0.1) is 6.92 Å². The third-order valence-electron chi connectivity index (χ3n) is 3.94. The van der Waals surface area contributed by atoms with Gasteiger partial charge >= 0.3 is 0 Å². The number of ether oxygens (including phenoxy) is 1. The molecule has 26 heavy (non-hydrogen) atoms. The minimum absolute atomic E-state index is 0.276. The molecule has 0 saturated heterocycles. The first kappa shape index (κ1) is 19.1. The molecule has 0 fully saturated rings. The first-order valence-corrected chi connectivity index (χ1v) is 9.88. The summed E-state index contributed by atoms with van der Waals surface area (Å²) in [5.74, 6) is 2.11. The van der Waals surface area contributed by atoms with E-state index in [-0.39, 0.29) is 6.10 Å². The largest absolute Gasteiger partial charge is 0.481 e. The number of aryl methyl sites for hydroxylation is 1. The molecule has 136 valence electrons. The summed E-state index contributed by atoms with van der Waals surface area (Å²) in [5.41, 5.74) is 2.16. The van der Waals surface area contributed by atoms with Gasteiger partial charge < -0.3 is 9.30 Å². The molecule has 0 amide bonds. The van der Waals surface area contributed by atoms with Crippen molar-refractivity contribution < 1.29 is 4.74 Å². The molecule has 7 heteroatoms. The first-order valence-electron chi connectivity index (χ1n) is 8.14. The lowest BCUT2D eigenvalue weighted by molar-refractivity contribution is 0.211. The summed E-state index contributed by atoms with van der Waals surface area (Å²) in [6.07, 6.45) is -0.276. The Bertz CT molecular complexity index is 914. The molecule has 0 aliphatic carbocycles. The number of hydrogen-bond donors (Lipinski definition) is 0. The molecule has 0 aliphatic heterocycles. The zero-order chi connectivity index (χ0) is 18.7. The van der Waals surface area contributed by atoms with Gasteiger partial charge in [0.2, 0.25) is 0 Å². The minimum Gasteiger partial charge on any atom is -0.481 e. The highest BCUT2D eigenvalue weighted by atomic mass is 35.5. The highest BCUT2D eigenvalue weighted by Gasteiger charge is 2.18. The molecule has 0 aliphatic rings. The minimum atomic E-state index is -0.276. The quantitative estimate of drug-likeness (QED) is 0.479. The second-order valence-corrected chi connectivity index (χ2v) is 7.73. The van der Waals surface area contributed by atoms with Crippen molar-refractivity contribution in [3.05, 3.63) is 69.5 Å². The van der Waals surface area contributed by atoms with E-state index in [9.17, 15) is 0 Å². The van der Waals surface area contributed by atoms with Crippen molar-refractivity contribution in [3.63, 3.8) is 0 Å². The SMILES string of the molecule is Cc1ccc(Cl)c(OC(C)c2nnc(SCc3ccccc3Cl)n2C)c1. The van der Waals surface area contributed by atoms with Crippen LogP contribution in [0.2, 0.25) is 10.0 Å². The lowest BCUT2D eigenvalue weighted by Crippen LogP contribution is -2.10. The second kappa shape index (κ2) is 8.33. The van der Waals surface area contributed by atoms with E-state index < -0.39 is 0 Å². The Balaban J connectivity index is 1.71. The van der Waals surface area contributed by atoms with Crippen LogP contribution in [0.4, 0.5) is 0 Å². The summed E-state index contributed by atoms with van der Waals surface area (Å²) in [6.45, 7) is 3.94. The molecular formula is C19H19Cl2N3OS. The molecule has 4 nitrogen and oxygen atoms in total. The van der Waals surface area contributed by atoms with E-state index in [0.29, 0.717) is 10.8 Å². The highest BCUT2D eigenvalue weighted by molar-refractivity contribution is 7.98. The number of rotatable bonds is 6. The monoisotopic (exact) mass is 407 g/mol. The van der Waals surface area contributed by atoms with E-state index in [2.05, 4.69) is 10.2 Å². The van der Waals surface area contributed by atoms with E-state index in [1.165, 1.54) is 0 Å². The van der Waals surface area contributed by atoms with Gasteiger partial charge in [-0.15, -0.1) is 10.2 Å². The highest BCUT2D eigenvalue weighted by Crippen LogP contribution is 2.31. The van der Waals surface area contributed by atoms with Gasteiger partial charge in [0.05, 0.1) is 5.02 Å². The Morgan fingerprint density at radius 2 is 1.88 bits per heavy atom. The number of halogens is 2. The van der Waals surface area contributed by atoms with Crippen LogP contribution in [0.3, 0.4) is 0 Å². The fourth-order valence-corrected chi connectivity index (χ4v) is 3.87. The molecule has 0 saturated carbocycles. The van der Waals surface area contributed by atoms with Gasteiger partial charge in [0, 0.05) is 17.8 Å². The van der Waals surface area contributed by atoms with Crippen molar-refractivity contribution in [1.82, 2.24) is 14.8 Å². The van der Waals surface area contributed by atoms with Crippen molar-refractivity contribution >= 4 is 35.0 Å². The molecule has 1 atom stereocenters. The van der Waals surface area contributed by atoms with Gasteiger partial charge in [-0.05, 0) is 43.2 Å². The Labute approximate surface area is 167 Å². The average molecular weight is 408 g/mol. The Kier molecular flexibility index (Phi) is 6.12. The molecule has 2 aromatic carbocycles. The van der Waals surface area contributed by atoms with Gasteiger partial charge in [0.1, 0.15) is 5.75 Å². The summed E-state index contributed by atoms with van der Waals surface area (Å²) in [5, 5.41) is 10.7. The van der Waals surface area contributed by atoms with Gasteiger partial charge in [-0.3, -0.25) is 0 Å². The van der Waals surface area contributed by atoms with Crippen molar-refractivity contribution in [2.24, 2.45) is 7.05 Å². The van der Waals surface area contributed by atoms with Crippen molar-refractivity contribution in [2.45, 2.75) is 30.9 Å². The molecule has 3 aromatic rings. The number of hydrogen-bond acceptors (Lipinski definition) is 4. The van der Waals surface area contributed by atoms with Crippen LogP contribution >= 0.6 is 35.0 Å². The summed E-state index contributed by atoms with van der Waals surface area (Å²) >= 11 is 14.0. The second-order valence-electron chi connectivity index (χ2n) is 5.97. The van der Waals surface area contributed by atoms with Gasteiger partial charge in [-0.1, -0.05) is 59.2 Å². The van der Waals surface area contributed by atoms with Gasteiger partial charge in [0.25, 0.3) is 0 Å². The molecule has 0 N–H and O–H groups in total. The molecule has 0 bridgehead atoms. The predicted molar refractivity (Wildman–Crippen MR) is 107 cm³/mol. The summed E-state index contributed by atoms with van der Waals surface area (Å²) in [7, 11) is 1.93. The third kappa shape index (κ3) is 4.34. The van der Waals surface area contributed by atoms with E-state index in [4.69, 9.17) is 27.9 Å². The number of aromatic nitrogens is 3. The van der Waals surface area contributed by atoms with Crippen molar-refractivity contribution in [1.29, 1.82) is 0 Å². The van der Waals surface area contributed by atoms with Gasteiger partial charge in [-0.2, -0.15) is 0 Å². The van der Waals surface area contributed by atoms with E-state index in [1.54, 1.807) is 11.8 Å². The maximum Gasteiger partial charge on any atom is 0.191 e. The lowest BCUT2D eigenvalue weighted by Gasteiger charge is -2.15. The van der Waals surface area contributed by atoms with E-state index in [0.717, 1.165) is 32.9 Å². The molecule has 1 unspecified atom stereocenters. The van der Waals surface area contributed by atoms with Crippen LogP contribution in [0.25, 0.3) is 0 Å². The molecule has 1 aromatic heterocycles. The molecule has 1 heterocycles. The van der Waals surface area contributed by atoms with Crippen LogP contribution in [-0.4, -0.2) is 14.8 Å². The van der Waals surface area contributed by atoms with Crippen molar-refractivity contribution in [3.8, 4) is 5.75 Å². The van der Waals surface area contributed by atoms with Crippen LogP contribution in [-0.2, 0) is 12.8 Å². The first-order chi connectivity index (χ1) is 12.5. The summed E-state index contributed by atoms with van der Waals surface area (Å²) in [4.78, 5) is 0. The fraction of sp³-hybridized carbons (Fsp3) is 0.263. The lowest BCUT2D eigenvalue weighted by atomic mass is 10.2. The zero-order valence-electron chi connectivity index (χ0n) is 14.7. The maximum absolute atomic E-state index is 6.22. The molecule has 0 spiro atoms. The Morgan fingerprint density at radius 1 is 1.12 bits per heavy atom. The summed E-state index contributed by atoms with van der Waals surface area (Å²) in [6, 6.07) is 13.5. The normalized spacial score (nSPS) is 12.2. The Hall–Kier alpha value is -1.69. The smallest absolute Gasteiger partial charge is 0.191 e. The number of thioether (sulfide) groups is 1. The van der Waals surface area contributed by atoms with E-state index in [1.807, 2.05) is 67.9 Å². The number of benzene rings is 2. The molecule has 0 radical (unpaired) electrons. The third-order valence-corrected chi connectivity index (χ3v) is 5.69. The molecular weight excluding hydrogens is 389 g/mol. The van der Waals surface area contributed by atoms with Gasteiger partial charge in [-0.25, -0.2) is 0 Å². The zero-order valence-corrected chi connectivity index (χ0v) is 17.1. The van der Waals surface area contributed by atoms with Crippen LogP contribution < -0.4 is 4.74 Å².